The lowest BCUT2D eigenvalue weighted by Gasteiger charge is -1.93. The van der Waals surface area contributed by atoms with Gasteiger partial charge in [-0.2, -0.15) is 8.78 Å². The molecule has 0 N–H and O–H groups in total. The van der Waals surface area contributed by atoms with Crippen molar-refractivity contribution in [1.29, 1.82) is 0 Å². The molecule has 1 aliphatic heterocycles. The highest BCUT2D eigenvalue weighted by molar-refractivity contribution is 8.43. The first-order valence-corrected chi connectivity index (χ1v) is 7.17. The Bertz CT molecular complexity index is 359. The summed E-state index contributed by atoms with van der Waals surface area (Å²) >= 11 is 2.31. The third-order valence-corrected chi connectivity index (χ3v) is 5.37. The quantitative estimate of drug-likeness (QED) is 0.729. The van der Waals surface area contributed by atoms with Crippen molar-refractivity contribution in [2.45, 2.75) is 6.42 Å². The van der Waals surface area contributed by atoms with E-state index in [1.807, 2.05) is 0 Å². The predicted octanol–water partition coefficient (Wildman–Crippen LogP) is 2.28. The van der Waals surface area contributed by atoms with Gasteiger partial charge in [-0.1, -0.05) is 23.5 Å². The summed E-state index contributed by atoms with van der Waals surface area (Å²) in [4.78, 5) is 0. The van der Waals surface area contributed by atoms with Gasteiger partial charge in [-0.05, 0) is 12.5 Å². The van der Waals surface area contributed by atoms with E-state index in [1.54, 1.807) is 0 Å². The molecule has 0 aliphatic carbocycles. The Morgan fingerprint density at radius 2 is 2.36 bits per heavy atom. The molecule has 0 spiro atoms. The zero-order chi connectivity index (χ0) is 10.6. The number of sulfonamides is 1. The van der Waals surface area contributed by atoms with E-state index in [4.69, 9.17) is 0 Å². The fraction of sp³-hybridized carbons (Fsp3) is 0.500. The molecule has 1 rings (SSSR count). The first kappa shape index (κ1) is 12.0. The zero-order valence-electron chi connectivity index (χ0n) is 6.94. The molecule has 1 heterocycles. The highest BCUT2D eigenvalue weighted by Gasteiger charge is 2.20. The average molecular weight is 259 g/mol. The molecule has 8 heteroatoms. The molecule has 3 nitrogen and oxygen atoms in total. The lowest BCUT2D eigenvalue weighted by Crippen LogP contribution is -1.90. The summed E-state index contributed by atoms with van der Waals surface area (Å²) in [5.74, 6) is 0.415. The molecule has 0 unspecified atom stereocenters. The summed E-state index contributed by atoms with van der Waals surface area (Å²) in [5.41, 5.74) is 0. The van der Waals surface area contributed by atoms with Crippen LogP contribution in [0, 0.1) is 0 Å². The summed E-state index contributed by atoms with van der Waals surface area (Å²) < 4.78 is 48.7. The van der Waals surface area contributed by atoms with Crippen LogP contribution in [0.1, 0.15) is 6.42 Å². The van der Waals surface area contributed by atoms with E-state index in [0.717, 1.165) is 17.8 Å². The SMILES string of the molecule is O=S1(=O)CSC(SCCC=C(F)F)=N1. The van der Waals surface area contributed by atoms with Crippen LogP contribution >= 0.6 is 23.5 Å². The van der Waals surface area contributed by atoms with Gasteiger partial charge in [-0.3, -0.25) is 0 Å². The second-order valence-electron chi connectivity index (χ2n) is 2.33. The van der Waals surface area contributed by atoms with Gasteiger partial charge in [0.05, 0.1) is 0 Å². The van der Waals surface area contributed by atoms with E-state index in [1.165, 1.54) is 11.8 Å². The lowest BCUT2D eigenvalue weighted by atomic mass is 10.5. The van der Waals surface area contributed by atoms with Crippen molar-refractivity contribution in [3.8, 4) is 0 Å². The third kappa shape index (κ3) is 4.43. The number of hydrogen-bond donors (Lipinski definition) is 0. The highest BCUT2D eigenvalue weighted by Crippen LogP contribution is 2.27. The monoisotopic (exact) mass is 259 g/mol. The fourth-order valence-corrected chi connectivity index (χ4v) is 4.64. The van der Waals surface area contributed by atoms with Crippen LogP contribution in [0.4, 0.5) is 8.78 Å². The van der Waals surface area contributed by atoms with E-state index in [0.29, 0.717) is 10.1 Å². The molecule has 0 amide bonds. The van der Waals surface area contributed by atoms with Gasteiger partial charge in [0.25, 0.3) is 16.1 Å². The standard InChI is InChI=1S/C6H7F2NO2S3/c7-5(8)2-1-3-12-6-9-14(10,11)4-13-6/h2H,1,3-4H2. The summed E-state index contributed by atoms with van der Waals surface area (Å²) in [6.45, 7) is 0. The van der Waals surface area contributed by atoms with Crippen molar-refractivity contribution in [1.82, 2.24) is 0 Å². The Kier molecular flexibility index (Phi) is 4.39. The minimum atomic E-state index is -3.28. The average Bonchev–Trinajstić information content (AvgIpc) is 2.39. The van der Waals surface area contributed by atoms with Crippen molar-refractivity contribution in [3.05, 3.63) is 12.2 Å². The van der Waals surface area contributed by atoms with Crippen molar-refractivity contribution < 1.29 is 17.2 Å². The van der Waals surface area contributed by atoms with E-state index in [2.05, 4.69) is 4.40 Å². The minimum Gasteiger partial charge on any atom is -0.204 e. The minimum absolute atomic E-state index is 0.0390. The highest BCUT2D eigenvalue weighted by atomic mass is 32.3. The van der Waals surface area contributed by atoms with Crippen molar-refractivity contribution in [2.24, 2.45) is 4.40 Å². The number of hydrogen-bond acceptors (Lipinski definition) is 4. The van der Waals surface area contributed by atoms with Gasteiger partial charge in [-0.25, -0.2) is 8.42 Å². The van der Waals surface area contributed by atoms with Gasteiger partial charge in [-0.15, -0.1) is 4.40 Å². The van der Waals surface area contributed by atoms with Crippen molar-refractivity contribution >= 4 is 37.9 Å². The summed E-state index contributed by atoms with van der Waals surface area (Å²) in [7, 11) is -3.28. The molecule has 0 radical (unpaired) electrons. The second kappa shape index (κ2) is 5.13. The van der Waals surface area contributed by atoms with Gasteiger partial charge >= 0.3 is 0 Å². The third-order valence-electron chi connectivity index (χ3n) is 1.19. The van der Waals surface area contributed by atoms with Crippen molar-refractivity contribution in [2.75, 3.05) is 10.8 Å². The molecule has 14 heavy (non-hydrogen) atoms. The maximum Gasteiger partial charge on any atom is 0.266 e. The first-order chi connectivity index (χ1) is 6.49. The lowest BCUT2D eigenvalue weighted by molar-refractivity contribution is 0.418. The Labute approximate surface area is 89.1 Å². The van der Waals surface area contributed by atoms with Crippen molar-refractivity contribution in [3.63, 3.8) is 0 Å². The maximum absolute atomic E-state index is 11.6. The molecule has 80 valence electrons. The number of rotatable bonds is 3. The molecular formula is C6H7F2NO2S3. The normalized spacial score (nSPS) is 19.1. The van der Waals surface area contributed by atoms with E-state index in [9.17, 15) is 17.2 Å². The van der Waals surface area contributed by atoms with Crippen LogP contribution < -0.4 is 0 Å². The molecule has 0 saturated heterocycles. The van der Waals surface area contributed by atoms with E-state index < -0.39 is 16.1 Å². The second-order valence-corrected chi connectivity index (χ2v) is 6.64. The number of halogens is 2. The van der Waals surface area contributed by atoms with Crippen LogP contribution in [-0.2, 0) is 10.0 Å². The molecule has 0 aromatic heterocycles. The first-order valence-electron chi connectivity index (χ1n) is 3.59. The summed E-state index contributed by atoms with van der Waals surface area (Å²) in [5, 5.41) is -0.0390. The van der Waals surface area contributed by atoms with Gasteiger partial charge in [0, 0.05) is 5.75 Å². The fourth-order valence-electron chi connectivity index (χ4n) is 0.673. The van der Waals surface area contributed by atoms with Crippen LogP contribution in [-0.4, -0.2) is 23.6 Å². The Morgan fingerprint density at radius 1 is 1.64 bits per heavy atom. The van der Waals surface area contributed by atoms with E-state index >= 15 is 0 Å². The van der Waals surface area contributed by atoms with Crippen LogP contribution in [0.3, 0.4) is 0 Å². The van der Waals surface area contributed by atoms with Gasteiger partial charge in [0.2, 0.25) is 0 Å². The molecular weight excluding hydrogens is 252 g/mol. The van der Waals surface area contributed by atoms with Crippen LogP contribution in [0.5, 0.6) is 0 Å². The molecule has 0 fully saturated rings. The maximum atomic E-state index is 11.6. The van der Waals surface area contributed by atoms with Crippen LogP contribution in [0.15, 0.2) is 16.6 Å². The smallest absolute Gasteiger partial charge is 0.204 e. The molecule has 0 aromatic carbocycles. The van der Waals surface area contributed by atoms with Gasteiger partial charge in [0.1, 0.15) is 9.46 Å². The number of allylic oxidation sites excluding steroid dienone is 1. The van der Waals surface area contributed by atoms with Crippen LogP contribution in [0.2, 0.25) is 0 Å². The van der Waals surface area contributed by atoms with Gasteiger partial charge < -0.3 is 0 Å². The Morgan fingerprint density at radius 3 is 2.86 bits per heavy atom. The topological polar surface area (TPSA) is 46.5 Å². The van der Waals surface area contributed by atoms with E-state index in [-0.39, 0.29) is 11.5 Å². The molecule has 1 aliphatic rings. The van der Waals surface area contributed by atoms with Gasteiger partial charge in [0.15, 0.2) is 0 Å². The molecule has 0 aromatic rings. The summed E-state index contributed by atoms with van der Waals surface area (Å²) in [6, 6.07) is 0. The number of nitrogens with zero attached hydrogens (tertiary/aromatic N) is 1. The molecule has 0 bridgehead atoms. The zero-order valence-corrected chi connectivity index (χ0v) is 9.39. The predicted molar refractivity (Wildman–Crippen MR) is 56.2 cm³/mol. The van der Waals surface area contributed by atoms with Crippen LogP contribution in [0.25, 0.3) is 0 Å². The molecule has 0 atom stereocenters. The molecule has 0 saturated carbocycles. The number of thioether (sulfide) groups is 2. The largest absolute Gasteiger partial charge is 0.266 e. The summed E-state index contributed by atoms with van der Waals surface area (Å²) in [6.07, 6.45) is -0.687. The Balaban J connectivity index is 2.31. The Hall–Kier alpha value is -0.0800.